The van der Waals surface area contributed by atoms with Crippen LogP contribution < -0.4 is 10.6 Å². The summed E-state index contributed by atoms with van der Waals surface area (Å²) in [6.45, 7) is 1.02. The number of ether oxygens (including phenoxy) is 2. The van der Waals surface area contributed by atoms with Gasteiger partial charge in [-0.05, 0) is 43.3 Å². The van der Waals surface area contributed by atoms with Crippen LogP contribution in [0.3, 0.4) is 0 Å². The van der Waals surface area contributed by atoms with Gasteiger partial charge in [-0.25, -0.2) is 9.59 Å². The van der Waals surface area contributed by atoms with E-state index in [4.69, 9.17) is 4.74 Å². The number of hydrogen-bond acceptors (Lipinski definition) is 7. The van der Waals surface area contributed by atoms with E-state index >= 15 is 0 Å². The molecule has 2 amide bonds. The number of imide groups is 1. The number of alkyl halides is 2. The number of alkyl carbamates (subject to hydrolysis) is 1. The van der Waals surface area contributed by atoms with E-state index in [0.717, 1.165) is 0 Å². The van der Waals surface area contributed by atoms with Crippen molar-refractivity contribution < 1.29 is 32.6 Å². The minimum absolute atomic E-state index is 0.0970. The second kappa shape index (κ2) is 11.0. The molecule has 0 radical (unpaired) electrons. The Balaban J connectivity index is 1.99. The molecule has 7 nitrogen and oxygen atoms in total. The van der Waals surface area contributed by atoms with Crippen LogP contribution in [-0.4, -0.2) is 36.9 Å². The summed E-state index contributed by atoms with van der Waals surface area (Å²) in [5.74, 6) is -4.11. The first kappa shape index (κ1) is 22.2. The summed E-state index contributed by atoms with van der Waals surface area (Å²) in [7, 11) is 0. The van der Waals surface area contributed by atoms with E-state index in [2.05, 4.69) is 10.1 Å². The fourth-order valence-electron chi connectivity index (χ4n) is 2.17. The van der Waals surface area contributed by atoms with Crippen molar-refractivity contribution in [1.82, 2.24) is 5.32 Å². The van der Waals surface area contributed by atoms with Gasteiger partial charge >= 0.3 is 12.1 Å². The molecular weight excluding hydrogens is 406 g/mol. The third-order valence-corrected chi connectivity index (χ3v) is 4.08. The Bertz CT molecular complexity index is 862. The standard InChI is InChI=1S/C19H18F2N2O5S/c1-2-27-19(26)23-16(24)11-28-17(25)14-5-3-4-6-15(14)22-12-7-9-13(10-8-12)29-18(20)21/h3-10,18,22H,2,11H2,1H3,(H,23,24,26). The van der Waals surface area contributed by atoms with Crippen LogP contribution in [0.2, 0.25) is 0 Å². The Morgan fingerprint density at radius 3 is 2.38 bits per heavy atom. The number of anilines is 2. The minimum Gasteiger partial charge on any atom is -0.452 e. The Morgan fingerprint density at radius 1 is 1.03 bits per heavy atom. The van der Waals surface area contributed by atoms with E-state index in [-0.39, 0.29) is 12.2 Å². The Hall–Kier alpha value is -3.14. The zero-order chi connectivity index (χ0) is 21.2. The fraction of sp³-hybridized carbons (Fsp3) is 0.211. The van der Waals surface area contributed by atoms with Gasteiger partial charge in [0.05, 0.1) is 17.9 Å². The van der Waals surface area contributed by atoms with Crippen molar-refractivity contribution in [2.75, 3.05) is 18.5 Å². The van der Waals surface area contributed by atoms with Crippen LogP contribution in [0, 0.1) is 0 Å². The predicted octanol–water partition coefficient (Wildman–Crippen LogP) is 4.17. The van der Waals surface area contributed by atoms with E-state index in [1.807, 2.05) is 5.32 Å². The van der Waals surface area contributed by atoms with Crippen molar-refractivity contribution in [3.05, 3.63) is 54.1 Å². The molecule has 154 valence electrons. The molecule has 0 aliphatic heterocycles. The van der Waals surface area contributed by atoms with Gasteiger partial charge in [0.2, 0.25) is 0 Å². The number of carbonyl (C=O) groups is 3. The zero-order valence-electron chi connectivity index (χ0n) is 15.3. The van der Waals surface area contributed by atoms with E-state index in [9.17, 15) is 23.2 Å². The van der Waals surface area contributed by atoms with E-state index < -0.39 is 30.3 Å². The van der Waals surface area contributed by atoms with Crippen LogP contribution in [0.4, 0.5) is 25.0 Å². The van der Waals surface area contributed by atoms with Crippen LogP contribution in [0.1, 0.15) is 17.3 Å². The van der Waals surface area contributed by atoms with Crippen molar-refractivity contribution in [1.29, 1.82) is 0 Å². The number of halogens is 2. The number of para-hydroxylation sites is 1. The third kappa shape index (κ3) is 7.41. The number of rotatable bonds is 8. The van der Waals surface area contributed by atoms with E-state index in [1.165, 1.54) is 18.2 Å². The number of amides is 2. The average molecular weight is 424 g/mol. The highest BCUT2D eigenvalue weighted by Crippen LogP contribution is 2.28. The van der Waals surface area contributed by atoms with Crippen molar-refractivity contribution in [3.63, 3.8) is 0 Å². The lowest BCUT2D eigenvalue weighted by Crippen LogP contribution is -2.34. The summed E-state index contributed by atoms with van der Waals surface area (Å²) < 4.78 is 34.3. The first-order valence-electron chi connectivity index (χ1n) is 8.43. The molecule has 2 rings (SSSR count). The van der Waals surface area contributed by atoms with Gasteiger partial charge in [-0.2, -0.15) is 8.78 Å². The van der Waals surface area contributed by atoms with Gasteiger partial charge in [0, 0.05) is 10.6 Å². The molecule has 0 heterocycles. The third-order valence-electron chi connectivity index (χ3n) is 3.36. The molecule has 0 saturated carbocycles. The summed E-state index contributed by atoms with van der Waals surface area (Å²) >= 11 is 0.432. The van der Waals surface area contributed by atoms with Crippen molar-refractivity contribution in [2.24, 2.45) is 0 Å². The normalized spacial score (nSPS) is 10.3. The van der Waals surface area contributed by atoms with Crippen molar-refractivity contribution >= 4 is 41.1 Å². The Labute approximate surface area is 169 Å². The van der Waals surface area contributed by atoms with Crippen LogP contribution in [0.25, 0.3) is 0 Å². The molecule has 29 heavy (non-hydrogen) atoms. The second-order valence-corrected chi connectivity index (χ2v) is 6.48. The molecule has 0 saturated heterocycles. The first-order chi connectivity index (χ1) is 13.9. The number of carbonyl (C=O) groups excluding carboxylic acids is 3. The molecule has 0 aliphatic carbocycles. The molecule has 10 heteroatoms. The molecule has 0 fully saturated rings. The average Bonchev–Trinajstić information content (AvgIpc) is 2.68. The Kier molecular flexibility index (Phi) is 8.41. The number of nitrogens with one attached hydrogen (secondary N) is 2. The topological polar surface area (TPSA) is 93.7 Å². The van der Waals surface area contributed by atoms with Gasteiger partial charge in [-0.1, -0.05) is 23.9 Å². The molecule has 2 N–H and O–H groups in total. The summed E-state index contributed by atoms with van der Waals surface area (Å²) in [5, 5.41) is 4.91. The second-order valence-electron chi connectivity index (χ2n) is 5.42. The summed E-state index contributed by atoms with van der Waals surface area (Å²) in [6.07, 6.45) is -0.927. The maximum absolute atomic E-state index is 12.4. The van der Waals surface area contributed by atoms with Crippen LogP contribution >= 0.6 is 11.8 Å². The van der Waals surface area contributed by atoms with E-state index in [0.29, 0.717) is 28.0 Å². The molecule has 2 aromatic carbocycles. The first-order valence-corrected chi connectivity index (χ1v) is 9.31. The lowest BCUT2D eigenvalue weighted by Gasteiger charge is -2.12. The SMILES string of the molecule is CCOC(=O)NC(=O)COC(=O)c1ccccc1Nc1ccc(SC(F)F)cc1. The molecule has 2 aromatic rings. The maximum atomic E-state index is 12.4. The molecule has 0 aliphatic rings. The van der Waals surface area contributed by atoms with Crippen LogP contribution in [0.5, 0.6) is 0 Å². The van der Waals surface area contributed by atoms with Gasteiger partial charge in [0.25, 0.3) is 11.7 Å². The van der Waals surface area contributed by atoms with Crippen molar-refractivity contribution in [3.8, 4) is 0 Å². The van der Waals surface area contributed by atoms with Gasteiger partial charge < -0.3 is 14.8 Å². The van der Waals surface area contributed by atoms with Gasteiger partial charge in [0.1, 0.15) is 0 Å². The summed E-state index contributed by atoms with van der Waals surface area (Å²) in [6, 6.07) is 12.7. The van der Waals surface area contributed by atoms with Gasteiger partial charge in [-0.15, -0.1) is 0 Å². The molecule has 0 atom stereocenters. The maximum Gasteiger partial charge on any atom is 0.413 e. The van der Waals surface area contributed by atoms with Crippen LogP contribution in [-0.2, 0) is 14.3 Å². The molecule has 0 bridgehead atoms. The molecule has 0 unspecified atom stereocenters. The molecule has 0 aromatic heterocycles. The monoisotopic (exact) mass is 424 g/mol. The largest absolute Gasteiger partial charge is 0.452 e. The van der Waals surface area contributed by atoms with Crippen molar-refractivity contribution in [2.45, 2.75) is 17.6 Å². The molecule has 0 spiro atoms. The lowest BCUT2D eigenvalue weighted by molar-refractivity contribution is -0.123. The lowest BCUT2D eigenvalue weighted by atomic mass is 10.1. The smallest absolute Gasteiger partial charge is 0.413 e. The highest BCUT2D eigenvalue weighted by Gasteiger charge is 2.16. The number of benzene rings is 2. The van der Waals surface area contributed by atoms with E-state index in [1.54, 1.807) is 37.3 Å². The molecular formula is C19H18F2N2O5S. The van der Waals surface area contributed by atoms with Gasteiger partial charge in [0.15, 0.2) is 6.61 Å². The number of hydrogen-bond donors (Lipinski definition) is 2. The Morgan fingerprint density at radius 2 is 1.72 bits per heavy atom. The number of thioether (sulfide) groups is 1. The highest BCUT2D eigenvalue weighted by molar-refractivity contribution is 7.99. The highest BCUT2D eigenvalue weighted by atomic mass is 32.2. The van der Waals surface area contributed by atoms with Crippen LogP contribution in [0.15, 0.2) is 53.4 Å². The minimum atomic E-state index is -2.51. The fourth-order valence-corrected chi connectivity index (χ4v) is 2.67. The predicted molar refractivity (Wildman–Crippen MR) is 103 cm³/mol. The summed E-state index contributed by atoms with van der Waals surface area (Å²) in [4.78, 5) is 35.5. The summed E-state index contributed by atoms with van der Waals surface area (Å²) in [5.41, 5.74) is 1.13. The quantitative estimate of drug-likeness (QED) is 0.485. The number of esters is 1. The zero-order valence-corrected chi connectivity index (χ0v) is 16.1. The van der Waals surface area contributed by atoms with Gasteiger partial charge in [-0.3, -0.25) is 10.1 Å².